The molecule has 2 aliphatic carbocycles. The maximum absolute atomic E-state index is 11.4. The standard InChI is InChI=1S/C21H19ClN4O2/c22-13-6-7-17(14(8-13)19-15-9-16(20(15)19)21(27)28)24-18-10-23-25-26(18)11-12-4-2-1-3-5-12/h1-8,10,15-16,19-20,24H,9,11H2,(H,27,28). The van der Waals surface area contributed by atoms with Crippen molar-refractivity contribution >= 4 is 29.1 Å². The molecule has 4 unspecified atom stereocenters. The summed E-state index contributed by atoms with van der Waals surface area (Å²) in [5, 5.41) is 21.7. The molecule has 6 nitrogen and oxygen atoms in total. The van der Waals surface area contributed by atoms with Crippen molar-refractivity contribution < 1.29 is 9.90 Å². The Bertz CT molecular complexity index is 1040. The minimum atomic E-state index is -0.689. The SMILES string of the molecule is O=C(O)C1CC2C(c3cc(Cl)ccc3Nc3cnnn3Cc3ccccc3)C12. The molecular formula is C21H19ClN4O2. The molecule has 2 N–H and O–H groups in total. The third-order valence-electron chi connectivity index (χ3n) is 5.97. The van der Waals surface area contributed by atoms with Gasteiger partial charge >= 0.3 is 5.97 Å². The molecule has 4 atom stereocenters. The molecular weight excluding hydrogens is 376 g/mol. The van der Waals surface area contributed by atoms with Gasteiger partial charge in [0, 0.05) is 10.7 Å². The fourth-order valence-corrected chi connectivity index (χ4v) is 4.68. The number of nitrogens with one attached hydrogen (secondary N) is 1. The lowest BCUT2D eigenvalue weighted by atomic mass is 9.86. The molecule has 0 aliphatic heterocycles. The van der Waals surface area contributed by atoms with Gasteiger partial charge in [0.2, 0.25) is 0 Å². The van der Waals surface area contributed by atoms with Crippen molar-refractivity contribution in [1.29, 1.82) is 0 Å². The second kappa shape index (κ2) is 6.63. The molecule has 2 saturated carbocycles. The first kappa shape index (κ1) is 17.3. The number of fused-ring (bicyclic) bond motifs is 1. The van der Waals surface area contributed by atoms with E-state index in [0.717, 1.165) is 29.1 Å². The number of hydrogen-bond acceptors (Lipinski definition) is 4. The van der Waals surface area contributed by atoms with Crippen molar-refractivity contribution in [1.82, 2.24) is 15.0 Å². The Kier molecular flexibility index (Phi) is 4.09. The number of hydrogen-bond donors (Lipinski definition) is 2. The zero-order chi connectivity index (χ0) is 19.3. The second-order valence-electron chi connectivity index (χ2n) is 7.57. The molecule has 28 heavy (non-hydrogen) atoms. The van der Waals surface area contributed by atoms with Gasteiger partial charge in [-0.15, -0.1) is 5.10 Å². The molecule has 3 aromatic rings. The van der Waals surface area contributed by atoms with Gasteiger partial charge in [-0.25, -0.2) is 4.68 Å². The van der Waals surface area contributed by atoms with Gasteiger partial charge in [-0.05, 0) is 53.5 Å². The quantitative estimate of drug-likeness (QED) is 0.656. The average Bonchev–Trinajstić information content (AvgIpc) is 3.00. The van der Waals surface area contributed by atoms with Gasteiger partial charge in [0.1, 0.15) is 5.82 Å². The van der Waals surface area contributed by atoms with Crippen LogP contribution in [-0.4, -0.2) is 26.1 Å². The van der Waals surface area contributed by atoms with E-state index < -0.39 is 5.97 Å². The molecule has 0 spiro atoms. The first-order valence-corrected chi connectivity index (χ1v) is 9.71. The first-order valence-electron chi connectivity index (χ1n) is 9.33. The van der Waals surface area contributed by atoms with Gasteiger partial charge in [0.25, 0.3) is 0 Å². The average molecular weight is 395 g/mol. The number of halogens is 1. The van der Waals surface area contributed by atoms with Crippen LogP contribution in [0.2, 0.25) is 5.02 Å². The van der Waals surface area contributed by atoms with Crippen LogP contribution in [-0.2, 0) is 11.3 Å². The third-order valence-corrected chi connectivity index (χ3v) is 6.20. The molecule has 0 bridgehead atoms. The van der Waals surface area contributed by atoms with E-state index >= 15 is 0 Å². The van der Waals surface area contributed by atoms with Crippen LogP contribution in [0.15, 0.2) is 54.7 Å². The van der Waals surface area contributed by atoms with E-state index in [1.165, 1.54) is 0 Å². The molecule has 1 aromatic heterocycles. The van der Waals surface area contributed by atoms with Crippen molar-refractivity contribution in [3.63, 3.8) is 0 Å². The Morgan fingerprint density at radius 2 is 2.07 bits per heavy atom. The number of benzene rings is 2. The highest BCUT2D eigenvalue weighted by atomic mass is 35.5. The summed E-state index contributed by atoms with van der Waals surface area (Å²) in [6.45, 7) is 0.613. The molecule has 2 aliphatic rings. The minimum Gasteiger partial charge on any atom is -0.481 e. The van der Waals surface area contributed by atoms with Crippen LogP contribution in [0.4, 0.5) is 11.5 Å². The number of carboxylic acids is 1. The van der Waals surface area contributed by atoms with Crippen molar-refractivity contribution in [2.45, 2.75) is 18.9 Å². The molecule has 7 heteroatoms. The van der Waals surface area contributed by atoms with Gasteiger partial charge in [0.05, 0.1) is 18.7 Å². The predicted molar refractivity (Wildman–Crippen MR) is 106 cm³/mol. The molecule has 5 rings (SSSR count). The van der Waals surface area contributed by atoms with E-state index in [9.17, 15) is 9.90 Å². The molecule has 1 heterocycles. The fourth-order valence-electron chi connectivity index (χ4n) is 4.50. The van der Waals surface area contributed by atoms with Gasteiger partial charge < -0.3 is 10.4 Å². The normalized spacial score (nSPS) is 24.9. The third kappa shape index (κ3) is 2.94. The number of anilines is 2. The summed E-state index contributed by atoms with van der Waals surface area (Å²) in [6.07, 6.45) is 2.45. The van der Waals surface area contributed by atoms with Crippen LogP contribution < -0.4 is 5.32 Å². The Balaban J connectivity index is 1.40. The highest BCUT2D eigenvalue weighted by Gasteiger charge is 2.66. The van der Waals surface area contributed by atoms with E-state index in [2.05, 4.69) is 15.6 Å². The Hall–Kier alpha value is -2.86. The summed E-state index contributed by atoms with van der Waals surface area (Å²) in [7, 11) is 0. The van der Waals surface area contributed by atoms with E-state index in [1.54, 1.807) is 6.20 Å². The second-order valence-corrected chi connectivity index (χ2v) is 8.00. The highest BCUT2D eigenvalue weighted by molar-refractivity contribution is 6.30. The van der Waals surface area contributed by atoms with Crippen LogP contribution in [0.1, 0.15) is 23.5 Å². The molecule has 142 valence electrons. The summed E-state index contributed by atoms with van der Waals surface area (Å²) in [5.41, 5.74) is 3.15. The Labute approximate surface area is 167 Å². The maximum Gasteiger partial charge on any atom is 0.306 e. The highest BCUT2D eigenvalue weighted by Crippen LogP contribution is 2.70. The monoisotopic (exact) mass is 394 g/mol. The smallest absolute Gasteiger partial charge is 0.306 e. The number of aliphatic carboxylic acids is 1. The molecule has 0 radical (unpaired) electrons. The van der Waals surface area contributed by atoms with Gasteiger partial charge in [-0.1, -0.05) is 47.1 Å². The zero-order valence-electron chi connectivity index (χ0n) is 15.0. The number of carboxylic acid groups (broad SMARTS) is 1. The van der Waals surface area contributed by atoms with Crippen molar-refractivity contribution in [2.75, 3.05) is 5.32 Å². The number of carbonyl (C=O) groups is 1. The summed E-state index contributed by atoms with van der Waals surface area (Å²) >= 11 is 6.25. The fraction of sp³-hybridized carbons (Fsp3) is 0.286. The summed E-state index contributed by atoms with van der Waals surface area (Å²) in [6, 6.07) is 15.8. The molecule has 0 saturated heterocycles. The lowest BCUT2D eigenvalue weighted by Gasteiger charge is -2.18. The summed E-state index contributed by atoms with van der Waals surface area (Å²) < 4.78 is 1.81. The molecule has 2 fully saturated rings. The van der Waals surface area contributed by atoms with E-state index in [1.807, 2.05) is 53.2 Å². The van der Waals surface area contributed by atoms with Crippen LogP contribution in [0.3, 0.4) is 0 Å². The number of nitrogens with zero attached hydrogens (tertiary/aromatic N) is 3. The van der Waals surface area contributed by atoms with Gasteiger partial charge in [0.15, 0.2) is 0 Å². The lowest BCUT2D eigenvalue weighted by Crippen LogP contribution is -2.24. The summed E-state index contributed by atoms with van der Waals surface area (Å²) in [5.74, 6) is 0.796. The van der Waals surface area contributed by atoms with Gasteiger partial charge in [-0.3, -0.25) is 4.79 Å². The molecule has 2 aromatic carbocycles. The van der Waals surface area contributed by atoms with Crippen LogP contribution in [0, 0.1) is 17.8 Å². The van der Waals surface area contributed by atoms with E-state index in [0.29, 0.717) is 17.5 Å². The molecule has 0 amide bonds. The van der Waals surface area contributed by atoms with Crippen molar-refractivity contribution in [3.8, 4) is 0 Å². The van der Waals surface area contributed by atoms with Gasteiger partial charge in [-0.2, -0.15) is 0 Å². The van der Waals surface area contributed by atoms with E-state index in [4.69, 9.17) is 11.6 Å². The number of aromatic nitrogens is 3. The minimum absolute atomic E-state index is 0.226. The predicted octanol–water partition coefficient (Wildman–Crippen LogP) is 4.16. The largest absolute Gasteiger partial charge is 0.481 e. The maximum atomic E-state index is 11.4. The van der Waals surface area contributed by atoms with Crippen molar-refractivity contribution in [3.05, 3.63) is 70.9 Å². The Morgan fingerprint density at radius 1 is 1.25 bits per heavy atom. The topological polar surface area (TPSA) is 80.0 Å². The van der Waals surface area contributed by atoms with Crippen LogP contribution in [0.25, 0.3) is 0 Å². The Morgan fingerprint density at radius 3 is 2.82 bits per heavy atom. The zero-order valence-corrected chi connectivity index (χ0v) is 15.8. The lowest BCUT2D eigenvalue weighted by molar-refractivity contribution is -0.145. The first-order chi connectivity index (χ1) is 13.6. The summed E-state index contributed by atoms with van der Waals surface area (Å²) in [4.78, 5) is 11.4. The van der Waals surface area contributed by atoms with Crippen LogP contribution in [0.5, 0.6) is 0 Å². The van der Waals surface area contributed by atoms with Crippen molar-refractivity contribution in [2.24, 2.45) is 17.8 Å². The van der Waals surface area contributed by atoms with Crippen LogP contribution >= 0.6 is 11.6 Å². The number of rotatable bonds is 6. The van der Waals surface area contributed by atoms with E-state index in [-0.39, 0.29) is 17.8 Å².